The van der Waals surface area contributed by atoms with Crippen LogP contribution in [0, 0.1) is 0 Å². The van der Waals surface area contributed by atoms with Crippen LogP contribution in [0.1, 0.15) is 76.2 Å². The largest absolute Gasteiger partial charge is 0.463 e. The number of benzene rings is 5. The average Bonchev–Trinajstić information content (AvgIpc) is 3.86. The van der Waals surface area contributed by atoms with Gasteiger partial charge in [0.25, 0.3) is 16.6 Å². The number of fused-ring (bicyclic) bond motifs is 2. The predicted octanol–water partition coefficient (Wildman–Crippen LogP) is 8.74. The lowest BCUT2D eigenvalue weighted by Crippen LogP contribution is -2.72. The highest BCUT2D eigenvalue weighted by Crippen LogP contribution is 2.48. The Hall–Kier alpha value is -4.01. The molecule has 0 aromatic heterocycles. The van der Waals surface area contributed by atoms with Crippen molar-refractivity contribution in [3.63, 3.8) is 0 Å². The Kier molecular flexibility index (Phi) is 15.4. The van der Waals surface area contributed by atoms with Gasteiger partial charge in [-0.15, -0.1) is 0 Å². The van der Waals surface area contributed by atoms with Crippen LogP contribution >= 0.6 is 11.8 Å². The summed E-state index contributed by atoms with van der Waals surface area (Å²) >= 11 is 1.61. The van der Waals surface area contributed by atoms with Crippen molar-refractivity contribution >= 4 is 55.1 Å². The molecule has 4 fully saturated rings. The molecule has 9 rings (SSSR count). The van der Waals surface area contributed by atoms with Gasteiger partial charge in [0.05, 0.1) is 6.61 Å². The molecule has 4 saturated heterocycles. The van der Waals surface area contributed by atoms with Crippen LogP contribution in [-0.2, 0) is 51.5 Å². The third kappa shape index (κ3) is 10.6. The van der Waals surface area contributed by atoms with Crippen molar-refractivity contribution in [1.29, 1.82) is 0 Å². The Balaban J connectivity index is 1.13. The molecular formula is C58H72O11SSi2. The van der Waals surface area contributed by atoms with Crippen molar-refractivity contribution in [2.45, 2.75) is 163 Å². The minimum absolute atomic E-state index is 0.0194. The summed E-state index contributed by atoms with van der Waals surface area (Å²) in [5.41, 5.74) is -0.578. The molecule has 5 aromatic rings. The monoisotopic (exact) mass is 1030 g/mol. The third-order valence-electron chi connectivity index (χ3n) is 14.2. The van der Waals surface area contributed by atoms with Gasteiger partial charge in [0.15, 0.2) is 17.9 Å². The normalized spacial score (nSPS) is 28.2. The fourth-order valence-corrected chi connectivity index (χ4v) is 21.8. The van der Waals surface area contributed by atoms with Crippen molar-refractivity contribution in [3.05, 3.63) is 152 Å². The molecule has 10 atom stereocenters. The maximum atomic E-state index is 12.4. The highest BCUT2D eigenvalue weighted by atomic mass is 32.2. The maximum absolute atomic E-state index is 12.4. The van der Waals surface area contributed by atoms with Crippen LogP contribution in [0.15, 0.2) is 157 Å². The molecule has 0 aliphatic carbocycles. The molecule has 0 radical (unpaired) electrons. The molecule has 0 bridgehead atoms. The molecule has 4 aliphatic heterocycles. The Morgan fingerprint density at radius 1 is 0.514 bits per heavy atom. The van der Waals surface area contributed by atoms with Gasteiger partial charge in [0.1, 0.15) is 60.9 Å². The van der Waals surface area contributed by atoms with Crippen LogP contribution in [-0.4, -0.2) is 108 Å². The number of esters is 1. The van der Waals surface area contributed by atoms with Gasteiger partial charge in [-0.3, -0.25) is 4.79 Å². The minimum atomic E-state index is -3.28. The van der Waals surface area contributed by atoms with E-state index in [1.165, 1.54) is 6.92 Å². The van der Waals surface area contributed by atoms with Gasteiger partial charge < -0.3 is 46.7 Å². The molecule has 11 nitrogen and oxygen atoms in total. The number of thioether (sulfide) groups is 1. The fourth-order valence-electron chi connectivity index (χ4n) is 11.2. The van der Waals surface area contributed by atoms with Gasteiger partial charge in [-0.2, -0.15) is 0 Å². The lowest BCUT2D eigenvalue weighted by Gasteiger charge is -2.51. The van der Waals surface area contributed by atoms with E-state index in [9.17, 15) is 4.79 Å². The summed E-state index contributed by atoms with van der Waals surface area (Å²) in [5, 5.41) is 3.74. The highest BCUT2D eigenvalue weighted by Gasteiger charge is 2.63. The zero-order valence-corrected chi connectivity index (χ0v) is 46.3. The molecule has 0 saturated carbocycles. The molecule has 0 N–H and O–H groups in total. The standard InChI is InChI=1S/C58H72O11SSi2/c1-39(59)60-37-45-47-49(66-57(8,9)64-47)51(68-71(55(2,3)4,41-29-19-13-20-30-41)42-31-21-14-22-32-42)53(62-45)61-38-46-48-50(67-58(10,11)65-48)52(54(63-46)70-40-27-17-12-18-28-40)69-72(56(5,6)7,43-33-23-15-24-34-43)44-35-25-16-26-36-44/h12-36,45-54H,37-38H2,1-11H3/t45-,46-,47+,48+,49+,50+,51-,52-,53-,54+/m1/s1. The molecule has 0 spiro atoms. The van der Waals surface area contributed by atoms with Gasteiger partial charge in [0, 0.05) is 11.8 Å². The molecule has 5 aromatic carbocycles. The van der Waals surface area contributed by atoms with Crippen molar-refractivity contribution < 1.29 is 51.5 Å². The Labute approximate surface area is 432 Å². The first-order valence-electron chi connectivity index (χ1n) is 25.3. The van der Waals surface area contributed by atoms with Crippen molar-refractivity contribution in [3.8, 4) is 0 Å². The number of hydrogen-bond acceptors (Lipinski definition) is 12. The van der Waals surface area contributed by atoms with Crippen molar-refractivity contribution in [2.75, 3.05) is 13.2 Å². The topological polar surface area (TPSA) is 109 Å². The van der Waals surface area contributed by atoms with Crippen LogP contribution in [0.25, 0.3) is 0 Å². The van der Waals surface area contributed by atoms with Crippen molar-refractivity contribution in [2.24, 2.45) is 0 Å². The molecule has 72 heavy (non-hydrogen) atoms. The number of ether oxygens (including phenoxy) is 8. The van der Waals surface area contributed by atoms with Gasteiger partial charge in [0.2, 0.25) is 0 Å². The minimum Gasteiger partial charge on any atom is -0.463 e. The van der Waals surface area contributed by atoms with E-state index < -0.39 is 99.8 Å². The second-order valence-electron chi connectivity index (χ2n) is 22.3. The number of carbonyl (C=O) groups is 1. The molecule has 0 unspecified atom stereocenters. The summed E-state index contributed by atoms with van der Waals surface area (Å²) in [6.45, 7) is 22.5. The van der Waals surface area contributed by atoms with Crippen LogP contribution < -0.4 is 20.7 Å². The van der Waals surface area contributed by atoms with Gasteiger partial charge >= 0.3 is 5.97 Å². The number of hydrogen-bond donors (Lipinski definition) is 0. The van der Waals surface area contributed by atoms with Crippen molar-refractivity contribution in [1.82, 2.24) is 0 Å². The van der Waals surface area contributed by atoms with E-state index in [0.29, 0.717) is 0 Å². The van der Waals surface area contributed by atoms with Crippen LogP contribution in [0.3, 0.4) is 0 Å². The number of carbonyl (C=O) groups excluding carboxylic acids is 1. The second-order valence-corrected chi connectivity index (χ2v) is 32.0. The molecule has 0 amide bonds. The average molecular weight is 1030 g/mol. The van der Waals surface area contributed by atoms with E-state index in [4.69, 9.17) is 46.7 Å². The maximum Gasteiger partial charge on any atom is 0.302 e. The lowest BCUT2D eigenvalue weighted by molar-refractivity contribution is -0.290. The Morgan fingerprint density at radius 2 is 0.875 bits per heavy atom. The molecule has 384 valence electrons. The quantitative estimate of drug-likeness (QED) is 0.0740. The van der Waals surface area contributed by atoms with Crippen LogP contribution in [0.5, 0.6) is 0 Å². The van der Waals surface area contributed by atoms with E-state index in [1.807, 2.05) is 58.0 Å². The van der Waals surface area contributed by atoms with Gasteiger partial charge in [-0.05, 0) is 70.7 Å². The van der Waals surface area contributed by atoms with E-state index in [1.54, 1.807) is 11.8 Å². The van der Waals surface area contributed by atoms with Gasteiger partial charge in [-0.25, -0.2) is 0 Å². The first kappa shape index (κ1) is 52.8. The first-order valence-corrected chi connectivity index (χ1v) is 30.0. The van der Waals surface area contributed by atoms with Crippen LogP contribution in [0.4, 0.5) is 0 Å². The Bertz CT molecular complexity index is 2480. The summed E-state index contributed by atoms with van der Waals surface area (Å²) in [6, 6.07) is 52.5. The molecule has 4 heterocycles. The Morgan fingerprint density at radius 3 is 1.28 bits per heavy atom. The summed E-state index contributed by atoms with van der Waals surface area (Å²) in [5.74, 6) is -2.44. The van der Waals surface area contributed by atoms with Crippen LogP contribution in [0.2, 0.25) is 10.1 Å². The summed E-state index contributed by atoms with van der Waals surface area (Å²) in [6.07, 6.45) is -6.42. The summed E-state index contributed by atoms with van der Waals surface area (Å²) in [4.78, 5) is 13.4. The van der Waals surface area contributed by atoms with Gasteiger partial charge in [-0.1, -0.05) is 193 Å². The fraction of sp³-hybridized carbons (Fsp3) is 0.466. The zero-order chi connectivity index (χ0) is 51.1. The molecule has 4 aliphatic rings. The highest BCUT2D eigenvalue weighted by molar-refractivity contribution is 7.99. The number of rotatable bonds is 15. The lowest BCUT2D eigenvalue weighted by atomic mass is 9.99. The summed E-state index contributed by atoms with van der Waals surface area (Å²) < 4.78 is 70.7. The molecular weight excluding hydrogens is 961 g/mol. The molecule has 14 heteroatoms. The SMILES string of the molecule is CC(=O)OC[C@H]1O[C@@H](OC[C@H]2O[C@@H](Sc3ccccc3)[C@H](O[Si](c3ccccc3)(c3ccccc3)C(C)(C)C)[C@H]3OC(C)(C)O[C@H]32)[C@H](O[Si](c2ccccc2)(c2ccccc2)C(C)(C)C)[C@H]2OC(C)(C)O[C@H]21. The zero-order valence-electron chi connectivity index (χ0n) is 43.5. The predicted molar refractivity (Wildman–Crippen MR) is 285 cm³/mol. The van der Waals surface area contributed by atoms with E-state index >= 15 is 0 Å². The van der Waals surface area contributed by atoms with E-state index in [0.717, 1.165) is 25.6 Å². The third-order valence-corrected chi connectivity index (χ3v) is 25.4. The smallest absolute Gasteiger partial charge is 0.302 e. The van der Waals surface area contributed by atoms with E-state index in [-0.39, 0.29) is 18.3 Å². The first-order chi connectivity index (χ1) is 34.2. The summed E-state index contributed by atoms with van der Waals surface area (Å²) in [7, 11) is -6.46. The van der Waals surface area contributed by atoms with E-state index in [2.05, 4.69) is 163 Å². The second kappa shape index (κ2) is 21.0.